The molecule has 9 N–H and O–H groups in total. The second-order valence-corrected chi connectivity index (χ2v) is 25.5. The number of anilines is 2. The van der Waals surface area contributed by atoms with Gasteiger partial charge in [0.1, 0.15) is 41.8 Å². The summed E-state index contributed by atoms with van der Waals surface area (Å²) in [7, 11) is 0. The number of halogens is 4. The minimum absolute atomic E-state index is 0.0546. The molecule has 25 heteroatoms. The van der Waals surface area contributed by atoms with E-state index in [1.54, 1.807) is 87.7 Å². The van der Waals surface area contributed by atoms with Gasteiger partial charge < -0.3 is 57.0 Å². The number of aromatic nitrogens is 4. The van der Waals surface area contributed by atoms with Gasteiger partial charge in [0.2, 0.25) is 11.9 Å². The summed E-state index contributed by atoms with van der Waals surface area (Å²) in [5.74, 6) is -8.22. The van der Waals surface area contributed by atoms with Crippen molar-refractivity contribution in [2.75, 3.05) is 24.6 Å². The zero-order valence-corrected chi connectivity index (χ0v) is 54.2. The van der Waals surface area contributed by atoms with Crippen molar-refractivity contribution >= 4 is 69.5 Å². The van der Waals surface area contributed by atoms with Gasteiger partial charge in [-0.25, -0.2) is 42.3 Å². The van der Waals surface area contributed by atoms with E-state index >= 15 is 0 Å². The summed E-state index contributed by atoms with van der Waals surface area (Å²) in [6.45, 7) is 12.0. The van der Waals surface area contributed by atoms with Crippen molar-refractivity contribution in [3.05, 3.63) is 177 Å². The normalized spacial score (nSPS) is 13.3. The molecule has 2 aromatic heterocycles. The van der Waals surface area contributed by atoms with Crippen LogP contribution in [-0.4, -0.2) is 95.9 Å². The van der Waals surface area contributed by atoms with Gasteiger partial charge in [0.15, 0.2) is 23.3 Å². The molecule has 0 saturated heterocycles. The predicted octanol–water partition coefficient (Wildman–Crippen LogP) is 11.2. The summed E-state index contributed by atoms with van der Waals surface area (Å²) in [6.07, 6.45) is 2.10. The number of amides is 3. The summed E-state index contributed by atoms with van der Waals surface area (Å²) in [5.41, 5.74) is 28.7. The highest BCUT2D eigenvalue weighted by Crippen LogP contribution is 2.35. The number of benzene rings is 6. The Hall–Kier alpha value is -10.1. The molecule has 0 radical (unpaired) electrons. The Morgan fingerprint density at radius 2 is 0.969 bits per heavy atom. The molecule has 8 aromatic rings. The molecule has 6 aromatic carbocycles. The number of carbonyl (C=O) groups is 6. The standard InChI is InChI=1S/C41H47F2N5O7.C30H30F2N6O3/c1-40(2,3)54-34(49)19-25(11-9-10-16-45-39(52)55-41(4,5)6)37(51)53-23-28-18-31(42)32(43)20-29(28)24-14-15-33-30(17-24)35(47-38(44)46-33)36(50)48-21-26-12-7-8-13-27(26)22-48;31-23-12-20(16-41-29(40)25(34)7-3-4-10-33)21(13-24(23)32)17-8-9-26-22(11-17)27(37-30(35)36-26)28(39)38-14-18-5-1-2-6-19(18)15-38/h7-8,12-15,17-18,20,25H,9-11,16,19,21-23H2,1-6H3,(H,45,52)(H2,44,46,47);1-2,5-6,8-9,11-13,25H,3-4,7,10,14-16,33-34H2,(H2,35,36,37)/t2*25-/m10/s1. The number of esters is 3. The number of nitrogens with two attached hydrogens (primary N) is 4. The predicted molar refractivity (Wildman–Crippen MR) is 351 cm³/mol. The molecular weight excluding hydrogens is 1240 g/mol. The van der Waals surface area contributed by atoms with Crippen molar-refractivity contribution < 1.29 is 65.3 Å². The number of hydrogen-bond acceptors (Lipinski definition) is 18. The van der Waals surface area contributed by atoms with Crippen LogP contribution in [0.1, 0.15) is 141 Å². The number of nitrogens with one attached hydrogen (secondary N) is 1. The quantitative estimate of drug-likeness (QED) is 0.0193. The van der Waals surface area contributed by atoms with E-state index in [4.69, 9.17) is 41.9 Å². The van der Waals surface area contributed by atoms with Crippen molar-refractivity contribution in [2.24, 2.45) is 17.4 Å². The Morgan fingerprint density at radius 3 is 1.41 bits per heavy atom. The average molecular weight is 1320 g/mol. The Kier molecular flexibility index (Phi) is 22.3. The Morgan fingerprint density at radius 1 is 0.542 bits per heavy atom. The number of alkyl carbamates (subject to hydrolysis) is 1. The first-order chi connectivity index (χ1) is 45.6. The first kappa shape index (κ1) is 70.2. The lowest BCUT2D eigenvalue weighted by molar-refractivity contribution is -0.162. The van der Waals surface area contributed by atoms with E-state index in [9.17, 15) is 46.3 Å². The number of nitrogen functional groups attached to an aromatic ring is 2. The van der Waals surface area contributed by atoms with Crippen LogP contribution < -0.4 is 28.3 Å². The third-order valence-corrected chi connectivity index (χ3v) is 15.8. The zero-order valence-electron chi connectivity index (χ0n) is 54.2. The van der Waals surface area contributed by atoms with E-state index in [0.29, 0.717) is 91.3 Å². The molecule has 4 heterocycles. The van der Waals surface area contributed by atoms with Gasteiger partial charge in [-0.2, -0.15) is 0 Å². The first-order valence-corrected chi connectivity index (χ1v) is 31.4. The van der Waals surface area contributed by atoms with Crippen molar-refractivity contribution in [1.29, 1.82) is 0 Å². The van der Waals surface area contributed by atoms with E-state index < -0.39 is 77.0 Å². The van der Waals surface area contributed by atoms with Crippen molar-refractivity contribution in [1.82, 2.24) is 35.1 Å². The Labute approximate surface area is 552 Å². The first-order valence-electron chi connectivity index (χ1n) is 31.4. The third-order valence-electron chi connectivity index (χ3n) is 15.8. The highest BCUT2D eigenvalue weighted by atomic mass is 19.2. The second-order valence-electron chi connectivity index (χ2n) is 25.5. The summed E-state index contributed by atoms with van der Waals surface area (Å²) in [6, 6.07) is 28.3. The summed E-state index contributed by atoms with van der Waals surface area (Å²) >= 11 is 0. The van der Waals surface area contributed by atoms with Crippen LogP contribution in [0, 0.1) is 29.2 Å². The molecule has 10 rings (SSSR count). The van der Waals surface area contributed by atoms with E-state index in [2.05, 4.69) is 25.3 Å². The fraction of sp³-hybridized carbons (Fsp3) is 0.352. The van der Waals surface area contributed by atoms with Crippen LogP contribution in [0.15, 0.2) is 109 Å². The van der Waals surface area contributed by atoms with Crippen LogP contribution in [0.4, 0.5) is 34.3 Å². The van der Waals surface area contributed by atoms with Gasteiger partial charge in [-0.05, 0) is 167 Å². The molecule has 2 aliphatic heterocycles. The third kappa shape index (κ3) is 18.0. The molecule has 96 heavy (non-hydrogen) atoms. The molecule has 0 spiro atoms. The van der Waals surface area contributed by atoms with Crippen LogP contribution in [0.3, 0.4) is 0 Å². The highest BCUT2D eigenvalue weighted by molar-refractivity contribution is 6.07. The summed E-state index contributed by atoms with van der Waals surface area (Å²) < 4.78 is 80.0. The van der Waals surface area contributed by atoms with Crippen LogP contribution in [0.5, 0.6) is 0 Å². The highest BCUT2D eigenvalue weighted by Gasteiger charge is 2.31. The van der Waals surface area contributed by atoms with Gasteiger partial charge >= 0.3 is 24.0 Å². The monoisotopic (exact) mass is 1320 g/mol. The molecule has 0 bridgehead atoms. The number of ether oxygens (including phenoxy) is 4. The van der Waals surface area contributed by atoms with Gasteiger partial charge in [0.05, 0.1) is 23.4 Å². The molecule has 2 aliphatic rings. The molecule has 2 atom stereocenters. The number of hydrogen-bond donors (Lipinski definition) is 5. The molecule has 21 nitrogen and oxygen atoms in total. The Bertz CT molecular complexity index is 4210. The van der Waals surface area contributed by atoms with Crippen molar-refractivity contribution in [3.8, 4) is 22.3 Å². The fourth-order valence-electron chi connectivity index (χ4n) is 11.2. The average Bonchev–Trinajstić information content (AvgIpc) is 1.68. The lowest BCUT2D eigenvalue weighted by atomic mass is 9.97. The number of nitrogens with zero attached hydrogens (tertiary/aromatic N) is 6. The molecule has 3 amide bonds. The number of carbonyl (C=O) groups excluding carboxylic acids is 6. The van der Waals surface area contributed by atoms with Crippen molar-refractivity contribution in [3.63, 3.8) is 0 Å². The molecule has 0 aliphatic carbocycles. The summed E-state index contributed by atoms with van der Waals surface area (Å²) in [4.78, 5) is 98.6. The zero-order chi connectivity index (χ0) is 69.2. The maximum absolute atomic E-state index is 14.8. The van der Waals surface area contributed by atoms with E-state index in [-0.39, 0.29) is 83.3 Å². The number of unbranched alkanes of at least 4 members (excludes halogenated alkanes) is 2. The van der Waals surface area contributed by atoms with E-state index in [1.807, 2.05) is 48.5 Å². The van der Waals surface area contributed by atoms with Gasteiger partial charge in [-0.1, -0.05) is 73.5 Å². The lowest BCUT2D eigenvalue weighted by Crippen LogP contribution is -2.33. The SMILES string of the molecule is CC(C)(C)OC(=O)C[C@@H](CCCCNC(=O)OC(C)(C)C)C(=O)OCc1cc(F)c(F)cc1-c1ccc2nc(N)nc(C(=O)N3Cc4ccccc4C3)c2c1.NCCCC[C@H](N)C(=O)OCc1cc(F)c(F)cc1-c1ccc2nc(N)nc(C(=O)N3Cc4ccccc4C3)c2c1. The number of fused-ring (bicyclic) bond motifs is 4. The maximum Gasteiger partial charge on any atom is 0.407 e. The summed E-state index contributed by atoms with van der Waals surface area (Å²) in [5, 5.41) is 3.41. The molecule has 0 unspecified atom stereocenters. The minimum atomic E-state index is -1.15. The van der Waals surface area contributed by atoms with Crippen molar-refractivity contribution in [2.45, 2.75) is 143 Å². The topological polar surface area (TPSA) is 313 Å². The molecule has 504 valence electrons. The molecule has 0 fully saturated rings. The van der Waals surface area contributed by atoms with Gasteiger partial charge in [-0.15, -0.1) is 0 Å². The van der Waals surface area contributed by atoms with Crippen LogP contribution in [0.2, 0.25) is 0 Å². The van der Waals surface area contributed by atoms with Gasteiger partial charge in [0, 0.05) is 54.6 Å². The maximum atomic E-state index is 14.8. The fourth-order valence-corrected chi connectivity index (χ4v) is 11.2. The van der Waals surface area contributed by atoms with Crippen LogP contribution >= 0.6 is 0 Å². The van der Waals surface area contributed by atoms with E-state index in [1.165, 1.54) is 0 Å². The van der Waals surface area contributed by atoms with Gasteiger partial charge in [-0.3, -0.25) is 24.0 Å². The second kappa shape index (κ2) is 30.5. The molecule has 0 saturated carbocycles. The Balaban J connectivity index is 0.000000235. The largest absolute Gasteiger partial charge is 0.461 e. The van der Waals surface area contributed by atoms with Crippen LogP contribution in [0.25, 0.3) is 44.1 Å². The lowest BCUT2D eigenvalue weighted by Gasteiger charge is -2.22. The number of rotatable bonds is 21. The van der Waals surface area contributed by atoms with Crippen LogP contribution in [-0.2, 0) is 72.7 Å². The molecular formula is C71H77F4N11O10. The minimum Gasteiger partial charge on any atom is -0.461 e. The van der Waals surface area contributed by atoms with Gasteiger partial charge in [0.25, 0.3) is 11.8 Å². The smallest absolute Gasteiger partial charge is 0.407 e. The van der Waals surface area contributed by atoms with E-state index in [0.717, 1.165) is 52.9 Å².